The smallest absolute Gasteiger partial charge is 0.363 e. The number of nitrogens with two attached hydrogens (primary N) is 1. The van der Waals surface area contributed by atoms with Crippen LogP contribution in [0.1, 0.15) is 36.0 Å². The monoisotopic (exact) mass is 321 g/mol. The summed E-state index contributed by atoms with van der Waals surface area (Å²) >= 11 is 1.17. The normalized spacial score (nSPS) is 11.6. The van der Waals surface area contributed by atoms with Crippen LogP contribution < -0.4 is 11.0 Å². The van der Waals surface area contributed by atoms with Gasteiger partial charge in [-0.05, 0) is 27.7 Å². The zero-order chi connectivity index (χ0) is 15.3. The van der Waals surface area contributed by atoms with Gasteiger partial charge in [-0.25, -0.2) is 4.79 Å². The Morgan fingerprint density at radius 3 is 2.20 bits per heavy atom. The average Bonchev–Trinajstić information content (AvgIpc) is 2.65. The fourth-order valence-electron chi connectivity index (χ4n) is 1.79. The van der Waals surface area contributed by atoms with Crippen LogP contribution in [0.4, 0.5) is 5.00 Å². The maximum atomic E-state index is 12.9. The highest BCUT2D eigenvalue weighted by molar-refractivity contribution is 7.63. The third kappa shape index (κ3) is 3.41. The molecule has 2 N–H and O–H groups in total. The fourth-order valence-corrected chi connectivity index (χ4v) is 5.04. The van der Waals surface area contributed by atoms with Crippen molar-refractivity contribution in [2.75, 3.05) is 25.6 Å². The minimum Gasteiger partial charge on any atom is -0.462 e. The molecular weight excluding hydrogens is 301 g/mol. The number of rotatable bonds is 7. The first-order valence-corrected chi connectivity index (χ1v) is 8.72. The van der Waals surface area contributed by atoms with Gasteiger partial charge in [0.1, 0.15) is 10.6 Å². The van der Waals surface area contributed by atoms with Crippen LogP contribution in [0.3, 0.4) is 0 Å². The number of ether oxygens (including phenoxy) is 1. The Balaban J connectivity index is 3.41. The molecular formula is C12H20NO5PS. The SMILES string of the molecule is CCOC(=O)c1c(N)sc(C)c1P(=O)(OCC)OCC. The predicted octanol–water partition coefficient (Wildman–Crippen LogP) is 2.71. The molecule has 0 aliphatic carbocycles. The molecule has 0 aliphatic heterocycles. The molecule has 8 heteroatoms. The van der Waals surface area contributed by atoms with Crippen molar-refractivity contribution in [3.05, 3.63) is 10.4 Å². The number of hydrogen-bond acceptors (Lipinski definition) is 7. The molecule has 0 spiro atoms. The molecule has 1 heterocycles. The Labute approximate surface area is 122 Å². The predicted molar refractivity (Wildman–Crippen MR) is 79.9 cm³/mol. The summed E-state index contributed by atoms with van der Waals surface area (Å²) in [5.41, 5.74) is 5.94. The minimum absolute atomic E-state index is 0.0968. The highest BCUT2D eigenvalue weighted by atomic mass is 32.1. The van der Waals surface area contributed by atoms with Crippen LogP contribution in [-0.4, -0.2) is 25.8 Å². The maximum Gasteiger partial charge on any atom is 0.363 e. The molecule has 0 saturated carbocycles. The van der Waals surface area contributed by atoms with Crippen molar-refractivity contribution in [2.45, 2.75) is 27.7 Å². The summed E-state index contributed by atoms with van der Waals surface area (Å²) in [6.07, 6.45) is 0. The van der Waals surface area contributed by atoms with Gasteiger partial charge in [0.05, 0.1) is 25.1 Å². The Morgan fingerprint density at radius 2 is 1.75 bits per heavy atom. The largest absolute Gasteiger partial charge is 0.462 e. The van der Waals surface area contributed by atoms with E-state index in [1.807, 2.05) is 0 Å². The molecule has 114 valence electrons. The highest BCUT2D eigenvalue weighted by Gasteiger charge is 2.37. The molecule has 0 radical (unpaired) electrons. The third-order valence-corrected chi connectivity index (χ3v) is 5.82. The van der Waals surface area contributed by atoms with Crippen molar-refractivity contribution < 1.29 is 23.1 Å². The Kier molecular flexibility index (Phi) is 6.20. The van der Waals surface area contributed by atoms with Crippen LogP contribution in [0.2, 0.25) is 0 Å². The van der Waals surface area contributed by atoms with Gasteiger partial charge in [-0.3, -0.25) is 4.57 Å². The fraction of sp³-hybridized carbons (Fsp3) is 0.583. The topological polar surface area (TPSA) is 87.9 Å². The summed E-state index contributed by atoms with van der Waals surface area (Å²) in [5.74, 6) is -0.607. The Morgan fingerprint density at radius 1 is 1.20 bits per heavy atom. The van der Waals surface area contributed by atoms with Gasteiger partial charge in [-0.2, -0.15) is 0 Å². The molecule has 0 amide bonds. The molecule has 0 fully saturated rings. The van der Waals surface area contributed by atoms with E-state index >= 15 is 0 Å². The number of carbonyl (C=O) groups is 1. The van der Waals surface area contributed by atoms with Crippen molar-refractivity contribution in [1.29, 1.82) is 0 Å². The quantitative estimate of drug-likeness (QED) is 0.613. The van der Waals surface area contributed by atoms with Crippen molar-refractivity contribution in [2.24, 2.45) is 0 Å². The van der Waals surface area contributed by atoms with E-state index in [0.29, 0.717) is 4.88 Å². The molecule has 1 aromatic heterocycles. The maximum absolute atomic E-state index is 12.9. The second-order valence-electron chi connectivity index (χ2n) is 3.80. The van der Waals surface area contributed by atoms with E-state index < -0.39 is 13.6 Å². The molecule has 1 rings (SSSR count). The second-order valence-corrected chi connectivity index (χ2v) is 7.01. The molecule has 0 atom stereocenters. The third-order valence-electron chi connectivity index (χ3n) is 2.43. The Hall–Kier alpha value is -0.880. The molecule has 20 heavy (non-hydrogen) atoms. The minimum atomic E-state index is -3.57. The number of thiophene rings is 1. The molecule has 0 aromatic carbocycles. The van der Waals surface area contributed by atoms with Gasteiger partial charge in [0.25, 0.3) is 0 Å². The molecule has 0 saturated heterocycles. The molecule has 1 aromatic rings. The average molecular weight is 321 g/mol. The number of aryl methyl sites for hydroxylation is 1. The van der Waals surface area contributed by atoms with E-state index in [4.69, 9.17) is 19.5 Å². The number of anilines is 1. The first-order valence-electron chi connectivity index (χ1n) is 6.36. The lowest BCUT2D eigenvalue weighted by atomic mass is 10.3. The first kappa shape index (κ1) is 17.2. The summed E-state index contributed by atoms with van der Waals surface area (Å²) in [4.78, 5) is 12.7. The summed E-state index contributed by atoms with van der Waals surface area (Å²) in [6, 6.07) is 0. The van der Waals surface area contributed by atoms with Gasteiger partial charge < -0.3 is 19.5 Å². The van der Waals surface area contributed by atoms with Crippen LogP contribution in [0.5, 0.6) is 0 Å². The van der Waals surface area contributed by atoms with E-state index in [9.17, 15) is 9.36 Å². The molecule has 6 nitrogen and oxygen atoms in total. The highest BCUT2D eigenvalue weighted by Crippen LogP contribution is 2.51. The van der Waals surface area contributed by atoms with Crippen LogP contribution in [0.15, 0.2) is 0 Å². The van der Waals surface area contributed by atoms with Gasteiger partial charge in [0.15, 0.2) is 0 Å². The number of nitrogen functional groups attached to an aromatic ring is 1. The lowest BCUT2D eigenvalue weighted by Gasteiger charge is -2.18. The van der Waals surface area contributed by atoms with Crippen molar-refractivity contribution >= 4 is 35.2 Å². The molecule has 0 unspecified atom stereocenters. The second kappa shape index (κ2) is 7.22. The zero-order valence-corrected chi connectivity index (χ0v) is 13.8. The van der Waals surface area contributed by atoms with Gasteiger partial charge >= 0.3 is 13.6 Å². The van der Waals surface area contributed by atoms with Gasteiger partial charge in [0.2, 0.25) is 0 Å². The molecule has 0 bridgehead atoms. The van der Waals surface area contributed by atoms with Crippen molar-refractivity contribution in [3.63, 3.8) is 0 Å². The van der Waals surface area contributed by atoms with Gasteiger partial charge in [0, 0.05) is 4.88 Å². The molecule has 0 aliphatic rings. The summed E-state index contributed by atoms with van der Waals surface area (Å²) in [6.45, 7) is 7.45. The lowest BCUT2D eigenvalue weighted by molar-refractivity contribution is 0.0528. The van der Waals surface area contributed by atoms with Gasteiger partial charge in [-0.1, -0.05) is 0 Å². The van der Waals surface area contributed by atoms with Crippen molar-refractivity contribution in [3.8, 4) is 0 Å². The first-order chi connectivity index (χ1) is 9.41. The number of esters is 1. The van der Waals surface area contributed by atoms with E-state index in [1.54, 1.807) is 27.7 Å². The number of carbonyl (C=O) groups excluding carboxylic acids is 1. The van der Waals surface area contributed by atoms with Crippen LogP contribution >= 0.6 is 18.9 Å². The Bertz CT molecular complexity index is 518. The van der Waals surface area contributed by atoms with Crippen LogP contribution in [0, 0.1) is 6.92 Å². The van der Waals surface area contributed by atoms with E-state index in [1.165, 1.54) is 11.3 Å². The van der Waals surface area contributed by atoms with Crippen LogP contribution in [-0.2, 0) is 18.3 Å². The zero-order valence-electron chi connectivity index (χ0n) is 12.1. The summed E-state index contributed by atoms with van der Waals surface area (Å²) in [5, 5.41) is 0.484. The summed E-state index contributed by atoms with van der Waals surface area (Å²) in [7, 11) is -3.57. The van der Waals surface area contributed by atoms with Crippen LogP contribution in [0.25, 0.3) is 0 Å². The lowest BCUT2D eigenvalue weighted by Crippen LogP contribution is -2.21. The van der Waals surface area contributed by atoms with E-state index in [2.05, 4.69) is 0 Å². The van der Waals surface area contributed by atoms with Gasteiger partial charge in [-0.15, -0.1) is 11.3 Å². The van der Waals surface area contributed by atoms with E-state index in [-0.39, 0.29) is 35.7 Å². The summed E-state index contributed by atoms with van der Waals surface area (Å²) < 4.78 is 28.4. The standard InChI is InChI=1S/C12H20NO5PS/c1-5-16-12(14)9-10(8(4)20-11(9)13)19(15,17-6-2)18-7-3/h5-7,13H2,1-4H3. The van der Waals surface area contributed by atoms with E-state index in [0.717, 1.165) is 0 Å². The van der Waals surface area contributed by atoms with Crippen molar-refractivity contribution in [1.82, 2.24) is 0 Å². The number of hydrogen-bond donors (Lipinski definition) is 1.